The zero-order chi connectivity index (χ0) is 9.42. The highest BCUT2D eigenvalue weighted by Gasteiger charge is 2.29. The van der Waals surface area contributed by atoms with E-state index in [9.17, 15) is 0 Å². The first-order chi connectivity index (χ1) is 6.24. The monoisotopic (exact) mass is 198 g/mol. The second-order valence-electron chi connectivity index (χ2n) is 3.30. The minimum absolute atomic E-state index is 0.513. The first-order valence-corrected chi connectivity index (χ1v) is 4.61. The van der Waals surface area contributed by atoms with E-state index in [0.717, 1.165) is 11.1 Å². The highest BCUT2D eigenvalue weighted by atomic mass is 35.5. The Morgan fingerprint density at radius 3 is 2.69 bits per heavy atom. The molecule has 5 heteroatoms. The van der Waals surface area contributed by atoms with E-state index in [2.05, 4.69) is 15.6 Å². The Balaban J connectivity index is 2.50. The van der Waals surface area contributed by atoms with Gasteiger partial charge in [0.15, 0.2) is 11.0 Å². The van der Waals surface area contributed by atoms with E-state index in [4.69, 9.17) is 17.4 Å². The molecule has 0 radical (unpaired) electrons. The molecule has 0 unspecified atom stereocenters. The van der Waals surface area contributed by atoms with Crippen LogP contribution in [0.25, 0.3) is 0 Å². The van der Waals surface area contributed by atoms with Gasteiger partial charge in [-0.2, -0.15) is 0 Å². The standard InChI is InChI=1S/C8H11ClN4/c1-4-6(5-2-3-5)7(9)12-13-8(4)11-10/h5H,2-3,10H2,1H3,(H,11,13). The van der Waals surface area contributed by atoms with Crippen LogP contribution in [0.2, 0.25) is 5.15 Å². The number of anilines is 1. The molecule has 0 bridgehead atoms. The second kappa shape index (κ2) is 3.12. The molecule has 70 valence electrons. The summed E-state index contributed by atoms with van der Waals surface area (Å²) in [6, 6.07) is 0. The summed E-state index contributed by atoms with van der Waals surface area (Å²) < 4.78 is 0. The molecule has 2 rings (SSSR count). The molecule has 3 N–H and O–H groups in total. The van der Waals surface area contributed by atoms with Crippen molar-refractivity contribution in [2.24, 2.45) is 5.84 Å². The topological polar surface area (TPSA) is 63.8 Å². The van der Waals surface area contributed by atoms with Crippen LogP contribution < -0.4 is 11.3 Å². The number of hydrogen-bond donors (Lipinski definition) is 2. The van der Waals surface area contributed by atoms with E-state index >= 15 is 0 Å². The molecule has 1 aromatic rings. The zero-order valence-corrected chi connectivity index (χ0v) is 8.10. The van der Waals surface area contributed by atoms with E-state index in [-0.39, 0.29) is 0 Å². The van der Waals surface area contributed by atoms with Crippen LogP contribution in [0.4, 0.5) is 5.82 Å². The van der Waals surface area contributed by atoms with E-state index in [1.807, 2.05) is 6.92 Å². The highest BCUT2D eigenvalue weighted by molar-refractivity contribution is 6.30. The number of hydrogen-bond acceptors (Lipinski definition) is 4. The zero-order valence-electron chi connectivity index (χ0n) is 7.34. The van der Waals surface area contributed by atoms with Crippen LogP contribution in [0.5, 0.6) is 0 Å². The summed E-state index contributed by atoms with van der Waals surface area (Å²) in [6.45, 7) is 1.96. The van der Waals surface area contributed by atoms with Gasteiger partial charge in [-0.15, -0.1) is 10.2 Å². The maximum absolute atomic E-state index is 5.95. The number of rotatable bonds is 2. The van der Waals surface area contributed by atoms with Gasteiger partial charge in [-0.1, -0.05) is 11.6 Å². The van der Waals surface area contributed by atoms with Crippen LogP contribution in [0, 0.1) is 6.92 Å². The minimum Gasteiger partial charge on any atom is -0.307 e. The molecule has 0 spiro atoms. The van der Waals surface area contributed by atoms with Crippen LogP contribution in [0.3, 0.4) is 0 Å². The van der Waals surface area contributed by atoms with Crippen molar-refractivity contribution in [3.8, 4) is 0 Å². The lowest BCUT2D eigenvalue weighted by atomic mass is 10.1. The van der Waals surface area contributed by atoms with Crippen molar-refractivity contribution in [2.45, 2.75) is 25.7 Å². The smallest absolute Gasteiger partial charge is 0.165 e. The number of nitrogens with one attached hydrogen (secondary N) is 1. The first-order valence-electron chi connectivity index (χ1n) is 4.23. The third-order valence-corrected chi connectivity index (χ3v) is 2.62. The molecule has 0 amide bonds. The lowest BCUT2D eigenvalue weighted by Gasteiger charge is -2.08. The molecule has 1 fully saturated rings. The quantitative estimate of drug-likeness (QED) is 0.560. The van der Waals surface area contributed by atoms with Gasteiger partial charge in [-0.25, -0.2) is 5.84 Å². The van der Waals surface area contributed by atoms with Gasteiger partial charge in [0.05, 0.1) is 0 Å². The Labute approximate surface area is 81.5 Å². The lowest BCUT2D eigenvalue weighted by Crippen LogP contribution is -2.12. The molecule has 1 aromatic heterocycles. The average molecular weight is 199 g/mol. The Hall–Kier alpha value is -0.870. The van der Waals surface area contributed by atoms with Crippen molar-refractivity contribution >= 4 is 17.4 Å². The molecule has 0 saturated heterocycles. The van der Waals surface area contributed by atoms with Gasteiger partial charge >= 0.3 is 0 Å². The third-order valence-electron chi connectivity index (χ3n) is 2.34. The predicted octanol–water partition coefficient (Wildman–Crippen LogP) is 1.60. The first kappa shape index (κ1) is 8.72. The third kappa shape index (κ3) is 1.47. The molecule has 1 saturated carbocycles. The van der Waals surface area contributed by atoms with Gasteiger partial charge < -0.3 is 5.43 Å². The van der Waals surface area contributed by atoms with Gasteiger partial charge in [-0.05, 0) is 25.7 Å². The van der Waals surface area contributed by atoms with E-state index in [0.29, 0.717) is 16.9 Å². The van der Waals surface area contributed by atoms with Gasteiger partial charge in [0, 0.05) is 11.1 Å². The summed E-state index contributed by atoms with van der Waals surface area (Å²) >= 11 is 5.95. The van der Waals surface area contributed by atoms with Gasteiger partial charge in [0.25, 0.3) is 0 Å². The molecule has 1 heterocycles. The minimum atomic E-state index is 0.513. The van der Waals surface area contributed by atoms with E-state index in [1.165, 1.54) is 12.8 Å². The summed E-state index contributed by atoms with van der Waals surface area (Å²) in [5.74, 6) is 6.48. The Morgan fingerprint density at radius 2 is 2.15 bits per heavy atom. The fourth-order valence-corrected chi connectivity index (χ4v) is 1.82. The maximum Gasteiger partial charge on any atom is 0.165 e. The summed E-state index contributed by atoms with van der Waals surface area (Å²) in [5, 5.41) is 8.21. The van der Waals surface area contributed by atoms with Crippen molar-refractivity contribution in [1.82, 2.24) is 10.2 Å². The molecular weight excluding hydrogens is 188 g/mol. The SMILES string of the molecule is Cc1c(NN)nnc(Cl)c1C1CC1. The number of aromatic nitrogens is 2. The van der Waals surface area contributed by atoms with Crippen LogP contribution in [-0.2, 0) is 0 Å². The number of halogens is 1. The van der Waals surface area contributed by atoms with E-state index < -0.39 is 0 Å². The molecule has 1 aliphatic rings. The van der Waals surface area contributed by atoms with Crippen LogP contribution in [-0.4, -0.2) is 10.2 Å². The van der Waals surface area contributed by atoms with Gasteiger partial charge in [-0.3, -0.25) is 0 Å². The number of nitrogens with two attached hydrogens (primary N) is 1. The van der Waals surface area contributed by atoms with Gasteiger partial charge in [0.2, 0.25) is 0 Å². The molecule has 0 atom stereocenters. The van der Waals surface area contributed by atoms with Gasteiger partial charge in [0.1, 0.15) is 0 Å². The largest absolute Gasteiger partial charge is 0.307 e. The van der Waals surface area contributed by atoms with Crippen LogP contribution in [0.1, 0.15) is 29.9 Å². The summed E-state index contributed by atoms with van der Waals surface area (Å²) in [5.41, 5.74) is 4.63. The van der Waals surface area contributed by atoms with Crippen LogP contribution >= 0.6 is 11.6 Å². The van der Waals surface area contributed by atoms with Crippen molar-refractivity contribution in [3.63, 3.8) is 0 Å². The average Bonchev–Trinajstić information content (AvgIpc) is 2.89. The lowest BCUT2D eigenvalue weighted by molar-refractivity contribution is 0.952. The Bertz CT molecular complexity index is 335. The summed E-state index contributed by atoms with van der Waals surface area (Å²) in [4.78, 5) is 0. The Morgan fingerprint density at radius 1 is 1.46 bits per heavy atom. The second-order valence-corrected chi connectivity index (χ2v) is 3.65. The van der Waals surface area contributed by atoms with Crippen molar-refractivity contribution in [3.05, 3.63) is 16.3 Å². The van der Waals surface area contributed by atoms with E-state index in [1.54, 1.807) is 0 Å². The van der Waals surface area contributed by atoms with Crippen LogP contribution in [0.15, 0.2) is 0 Å². The highest BCUT2D eigenvalue weighted by Crippen LogP contribution is 2.44. The molecule has 13 heavy (non-hydrogen) atoms. The Kier molecular flexibility index (Phi) is 2.09. The van der Waals surface area contributed by atoms with Crippen molar-refractivity contribution < 1.29 is 0 Å². The fraction of sp³-hybridized carbons (Fsp3) is 0.500. The number of nitrogens with zero attached hydrogens (tertiary/aromatic N) is 2. The van der Waals surface area contributed by atoms with Crippen molar-refractivity contribution in [1.29, 1.82) is 0 Å². The fourth-order valence-electron chi connectivity index (χ4n) is 1.49. The predicted molar refractivity (Wildman–Crippen MR) is 51.6 cm³/mol. The maximum atomic E-state index is 5.95. The molecular formula is C8H11ClN4. The summed E-state index contributed by atoms with van der Waals surface area (Å²) in [7, 11) is 0. The molecule has 1 aliphatic carbocycles. The molecule has 4 nitrogen and oxygen atoms in total. The molecule has 0 aromatic carbocycles. The number of hydrazine groups is 1. The summed E-state index contributed by atoms with van der Waals surface area (Å²) in [6.07, 6.45) is 2.38. The number of nitrogen functional groups attached to an aromatic ring is 1. The molecule has 0 aliphatic heterocycles. The normalized spacial score (nSPS) is 15.9. The van der Waals surface area contributed by atoms with Crippen molar-refractivity contribution in [2.75, 3.05) is 5.43 Å².